The number of phenolic OH excluding ortho intramolecular Hbond substituents is 1. The summed E-state index contributed by atoms with van der Waals surface area (Å²) in [5.74, 6) is -2.29. The molecule has 0 radical (unpaired) electrons. The van der Waals surface area contributed by atoms with Gasteiger partial charge < -0.3 is 46.1 Å². The lowest BCUT2D eigenvalue weighted by molar-refractivity contribution is -0.281. The molecule has 1 saturated heterocycles. The van der Waals surface area contributed by atoms with Crippen LogP contribution in [0, 0.1) is 0 Å². The normalized spacial score (nSPS) is 29.3. The Bertz CT molecular complexity index is 1360. The van der Waals surface area contributed by atoms with Crippen molar-refractivity contribution in [3.63, 3.8) is 0 Å². The molecule has 5 rings (SSSR count). The van der Waals surface area contributed by atoms with Crippen molar-refractivity contribution in [2.45, 2.75) is 81.9 Å². The van der Waals surface area contributed by atoms with Crippen molar-refractivity contribution >= 4 is 17.5 Å². The van der Waals surface area contributed by atoms with Gasteiger partial charge in [-0.25, -0.2) is 4.99 Å². The summed E-state index contributed by atoms with van der Waals surface area (Å²) in [4.78, 5) is 31.4. The molecule has 2 aliphatic heterocycles. The first-order valence-electron chi connectivity index (χ1n) is 13.8. The number of ketones is 2. The maximum absolute atomic E-state index is 13.6. The van der Waals surface area contributed by atoms with Gasteiger partial charge in [0.15, 0.2) is 29.0 Å². The second kappa shape index (κ2) is 11.7. The molecular formula is C29H35N3O9. The van der Waals surface area contributed by atoms with Crippen molar-refractivity contribution in [1.82, 2.24) is 0 Å². The van der Waals surface area contributed by atoms with E-state index < -0.39 is 60.2 Å². The molecule has 2 bridgehead atoms. The number of ether oxygens (including phenoxy) is 3. The van der Waals surface area contributed by atoms with Crippen LogP contribution in [-0.2, 0) is 9.47 Å². The Labute approximate surface area is 236 Å². The number of carbonyl (C=O) groups is 2. The van der Waals surface area contributed by atoms with E-state index in [0.717, 1.165) is 19.3 Å². The Hall–Kier alpha value is -3.55. The van der Waals surface area contributed by atoms with E-state index in [4.69, 9.17) is 25.7 Å². The first kappa shape index (κ1) is 29.0. The zero-order chi connectivity index (χ0) is 29.4. The number of benzene rings is 2. The average molecular weight is 570 g/mol. The zero-order valence-corrected chi connectivity index (χ0v) is 22.6. The Kier molecular flexibility index (Phi) is 8.30. The number of hydrogen-bond acceptors (Lipinski definition) is 10. The number of hydrogen-bond donors (Lipinski definition) is 6. The minimum atomic E-state index is -1.73. The van der Waals surface area contributed by atoms with E-state index in [-0.39, 0.29) is 52.6 Å². The van der Waals surface area contributed by atoms with Crippen LogP contribution in [0.25, 0.3) is 0 Å². The lowest BCUT2D eigenvalue weighted by Crippen LogP contribution is -2.60. The molecule has 8 N–H and O–H groups in total. The summed E-state index contributed by atoms with van der Waals surface area (Å²) in [7, 11) is 0. The number of carbonyl (C=O) groups excluding carboxylic acids is 2. The summed E-state index contributed by atoms with van der Waals surface area (Å²) in [6.45, 7) is 1.93. The van der Waals surface area contributed by atoms with E-state index in [1.165, 1.54) is 18.2 Å². The van der Waals surface area contributed by atoms with Gasteiger partial charge in [0.2, 0.25) is 6.29 Å². The third kappa shape index (κ3) is 5.41. The number of rotatable bonds is 5. The lowest BCUT2D eigenvalue weighted by Gasteiger charge is -2.40. The molecule has 12 heteroatoms. The quantitative estimate of drug-likeness (QED) is 0.145. The summed E-state index contributed by atoms with van der Waals surface area (Å²) < 4.78 is 17.9. The first-order valence-corrected chi connectivity index (χ1v) is 13.8. The second-order valence-electron chi connectivity index (χ2n) is 10.7. The van der Waals surface area contributed by atoms with Crippen molar-refractivity contribution in [3.05, 3.63) is 58.1 Å². The predicted molar refractivity (Wildman–Crippen MR) is 146 cm³/mol. The molecule has 0 saturated carbocycles. The molecule has 7 atom stereocenters. The van der Waals surface area contributed by atoms with Gasteiger partial charge in [0.1, 0.15) is 24.4 Å². The average Bonchev–Trinajstić information content (AvgIpc) is 2.97. The number of fused-ring (bicyclic) bond motifs is 5. The maximum atomic E-state index is 13.6. The van der Waals surface area contributed by atoms with Crippen LogP contribution in [-0.4, -0.2) is 81.4 Å². The van der Waals surface area contributed by atoms with E-state index in [1.807, 2.05) is 0 Å². The fourth-order valence-corrected chi connectivity index (χ4v) is 5.68. The maximum Gasteiger partial charge on any atom is 0.229 e. The van der Waals surface area contributed by atoms with Gasteiger partial charge in [0.25, 0.3) is 0 Å². The van der Waals surface area contributed by atoms with E-state index >= 15 is 0 Å². The molecule has 2 aromatic rings. The number of aliphatic hydroxyl groups is 3. The topological polar surface area (TPSA) is 207 Å². The SMILES string of the molecule is CCCCC[C@@H]1C[C@@H](N=C(N)N)c2cc3c(c(O)c2O[C@H]2O[C@@H](CO1)[C@H](O)[C@@H](O)[C@@H]2O)C(=O)c1ccccc1C3=O. The number of aromatic hydroxyl groups is 1. The Morgan fingerprint density at radius 2 is 1.71 bits per heavy atom. The van der Waals surface area contributed by atoms with E-state index in [1.54, 1.807) is 12.1 Å². The fourth-order valence-electron chi connectivity index (χ4n) is 5.68. The molecule has 1 fully saturated rings. The third-order valence-electron chi connectivity index (χ3n) is 7.85. The fraction of sp³-hybridized carbons (Fsp3) is 0.483. The highest BCUT2D eigenvalue weighted by atomic mass is 16.7. The van der Waals surface area contributed by atoms with Crippen molar-refractivity contribution < 1.29 is 44.2 Å². The molecule has 0 amide bonds. The van der Waals surface area contributed by atoms with Crippen LogP contribution in [0.3, 0.4) is 0 Å². The number of aliphatic hydroxyl groups excluding tert-OH is 3. The van der Waals surface area contributed by atoms with Crippen molar-refractivity contribution in [2.75, 3.05) is 6.61 Å². The monoisotopic (exact) mass is 569 g/mol. The van der Waals surface area contributed by atoms with E-state index in [0.29, 0.717) is 6.42 Å². The second-order valence-corrected chi connectivity index (χ2v) is 10.7. The van der Waals surface area contributed by atoms with Gasteiger partial charge in [-0.3, -0.25) is 9.59 Å². The molecule has 2 heterocycles. The number of phenols is 1. The van der Waals surface area contributed by atoms with Crippen LogP contribution in [0.15, 0.2) is 35.3 Å². The largest absolute Gasteiger partial charge is 0.504 e. The third-order valence-corrected chi connectivity index (χ3v) is 7.85. The summed E-state index contributed by atoms with van der Waals surface area (Å²) in [6.07, 6.45) is -4.49. The molecule has 41 heavy (non-hydrogen) atoms. The first-order chi connectivity index (χ1) is 19.6. The summed E-state index contributed by atoms with van der Waals surface area (Å²) >= 11 is 0. The molecule has 2 aromatic carbocycles. The highest BCUT2D eigenvalue weighted by Crippen LogP contribution is 2.46. The number of nitrogens with zero attached hydrogens (tertiary/aromatic N) is 1. The number of guanidine groups is 1. The molecule has 1 aliphatic carbocycles. The number of aliphatic imine (C=N–C) groups is 1. The van der Waals surface area contributed by atoms with Gasteiger partial charge in [-0.2, -0.15) is 0 Å². The Morgan fingerprint density at radius 1 is 1.00 bits per heavy atom. The summed E-state index contributed by atoms with van der Waals surface area (Å²) in [5, 5.41) is 43.4. The van der Waals surface area contributed by atoms with Crippen molar-refractivity contribution in [3.8, 4) is 11.5 Å². The van der Waals surface area contributed by atoms with E-state index in [2.05, 4.69) is 11.9 Å². The van der Waals surface area contributed by atoms with Crippen LogP contribution in [0.5, 0.6) is 11.5 Å². The van der Waals surface area contributed by atoms with E-state index in [9.17, 15) is 30.0 Å². The Balaban J connectivity index is 1.70. The minimum absolute atomic E-state index is 0.0545. The van der Waals surface area contributed by atoms with Gasteiger partial charge >= 0.3 is 0 Å². The standard InChI is InChI=1S/C29H35N3O9/c1-2-3-4-7-13-10-18(32-29(30)31)16-11-17-20(22(34)15-9-6-5-8-14(15)21(17)33)24(36)27(16)41-28-26(38)25(37)23(35)19(40-28)12-39-13/h5-6,8-9,11,13,18-19,23,25-26,28,35-38H,2-4,7,10,12H2,1H3,(H4,30,31,32)/t13-,18-,19+,23+,25-,26+,28-/m1/s1. The molecule has 0 aromatic heterocycles. The molecule has 0 spiro atoms. The van der Waals surface area contributed by atoms with Crippen LogP contribution in [0.1, 0.15) is 82.5 Å². The number of unbranched alkanes of at least 4 members (excludes halogenated alkanes) is 2. The zero-order valence-electron chi connectivity index (χ0n) is 22.6. The van der Waals surface area contributed by atoms with Gasteiger partial charge in [0.05, 0.1) is 24.3 Å². The summed E-state index contributed by atoms with van der Waals surface area (Å²) in [6, 6.07) is 6.79. The lowest BCUT2D eigenvalue weighted by atomic mass is 9.81. The highest BCUT2D eigenvalue weighted by Gasteiger charge is 2.47. The predicted octanol–water partition coefficient (Wildman–Crippen LogP) is 1.04. The number of nitrogens with two attached hydrogens (primary N) is 2. The molecular weight excluding hydrogens is 534 g/mol. The smallest absolute Gasteiger partial charge is 0.229 e. The van der Waals surface area contributed by atoms with Crippen LogP contribution < -0.4 is 16.2 Å². The van der Waals surface area contributed by atoms with Crippen LogP contribution in [0.4, 0.5) is 0 Å². The van der Waals surface area contributed by atoms with Gasteiger partial charge in [0, 0.05) is 28.7 Å². The van der Waals surface area contributed by atoms with Crippen molar-refractivity contribution in [1.29, 1.82) is 0 Å². The van der Waals surface area contributed by atoms with Gasteiger partial charge in [-0.05, 0) is 12.5 Å². The molecule has 12 nitrogen and oxygen atoms in total. The minimum Gasteiger partial charge on any atom is -0.504 e. The molecule has 0 unspecified atom stereocenters. The van der Waals surface area contributed by atoms with Gasteiger partial charge in [-0.15, -0.1) is 0 Å². The van der Waals surface area contributed by atoms with Gasteiger partial charge in [-0.1, -0.05) is 50.5 Å². The molecule has 3 aliphatic rings. The molecule has 220 valence electrons. The Morgan fingerprint density at radius 3 is 2.39 bits per heavy atom. The summed E-state index contributed by atoms with van der Waals surface area (Å²) in [5.41, 5.74) is 11.7. The van der Waals surface area contributed by atoms with Crippen molar-refractivity contribution in [2.24, 2.45) is 16.5 Å². The van der Waals surface area contributed by atoms with Crippen LogP contribution in [0.2, 0.25) is 0 Å². The van der Waals surface area contributed by atoms with Crippen LogP contribution >= 0.6 is 0 Å². The highest BCUT2D eigenvalue weighted by molar-refractivity contribution is 6.29.